The Morgan fingerprint density at radius 1 is 1.29 bits per heavy atom. The fourth-order valence-electron chi connectivity index (χ4n) is 6.27. The quantitative estimate of drug-likeness (QED) is 0.230. The lowest BCUT2D eigenvalue weighted by molar-refractivity contribution is -0.233. The van der Waals surface area contributed by atoms with Crippen molar-refractivity contribution in [2.24, 2.45) is 11.3 Å². The monoisotopic (exact) mass is 428 g/mol. The molecule has 0 unspecified atom stereocenters. The summed E-state index contributed by atoms with van der Waals surface area (Å²) in [6.07, 6.45) is 14.1. The summed E-state index contributed by atoms with van der Waals surface area (Å²) >= 11 is 0. The first kappa shape index (κ1) is 21.1. The second-order valence-corrected chi connectivity index (χ2v) is 9.79. The minimum Gasteiger partial charge on any atom is -0.456 e. The number of hydrogen-bond acceptors (Lipinski definition) is 6. The van der Waals surface area contributed by atoms with Crippen molar-refractivity contribution in [3.8, 4) is 0 Å². The maximum atomic E-state index is 12.6. The van der Waals surface area contributed by atoms with Crippen molar-refractivity contribution in [2.45, 2.75) is 75.1 Å². The molecule has 6 nitrogen and oxygen atoms in total. The van der Waals surface area contributed by atoms with Crippen LogP contribution in [0.1, 0.15) is 46.0 Å². The summed E-state index contributed by atoms with van der Waals surface area (Å²) < 4.78 is 24.0. The second-order valence-electron chi connectivity index (χ2n) is 9.79. The van der Waals surface area contributed by atoms with Crippen molar-refractivity contribution in [1.29, 1.82) is 0 Å². The molecule has 2 saturated carbocycles. The van der Waals surface area contributed by atoms with Gasteiger partial charge < -0.3 is 24.1 Å². The number of esters is 1. The van der Waals surface area contributed by atoms with Gasteiger partial charge in [0.2, 0.25) is 5.79 Å². The van der Waals surface area contributed by atoms with Gasteiger partial charge in [0.05, 0.1) is 13.2 Å². The molecule has 0 aromatic carbocycles. The van der Waals surface area contributed by atoms with E-state index in [9.17, 15) is 9.90 Å². The first-order valence-corrected chi connectivity index (χ1v) is 11.4. The number of unbranched alkanes of at least 4 members (excludes halogenated alkanes) is 1. The van der Waals surface area contributed by atoms with Crippen molar-refractivity contribution in [3.05, 3.63) is 48.6 Å². The van der Waals surface area contributed by atoms with E-state index in [2.05, 4.69) is 26.5 Å². The van der Waals surface area contributed by atoms with E-state index in [-0.39, 0.29) is 16.9 Å². The molecule has 5 aliphatic rings. The predicted octanol–water partition coefficient (Wildman–Crippen LogP) is 3.37. The normalized spacial score (nSPS) is 47.7. The van der Waals surface area contributed by atoms with Gasteiger partial charge in [0.1, 0.15) is 23.4 Å². The van der Waals surface area contributed by atoms with Crippen LogP contribution in [0.15, 0.2) is 48.6 Å². The number of carbonyl (C=O) groups is 1. The van der Waals surface area contributed by atoms with E-state index < -0.39 is 29.6 Å². The van der Waals surface area contributed by atoms with Crippen LogP contribution in [0, 0.1) is 11.3 Å². The third-order valence-electron chi connectivity index (χ3n) is 8.18. The Kier molecular flexibility index (Phi) is 4.87. The standard InChI is InChI=1S/C25H32O6/c1-4-5-6-7-8-9-10-11-20(26)30-19-12-13-23(16-29-23)22(3)14-18-17(2)15-28-25(18,27)21-24(19,22)31-21/h6-11,18-19,21,27H,2,4-5,12-16H2,1,3H3/b7-6+,9-8+,11-10+/t18-,19+,21-,22+,23-,24+,25+/m1/s1. The van der Waals surface area contributed by atoms with Crippen molar-refractivity contribution in [3.63, 3.8) is 0 Å². The molecule has 7 atom stereocenters. The minimum absolute atomic E-state index is 0.195. The van der Waals surface area contributed by atoms with Crippen LogP contribution < -0.4 is 0 Å². The smallest absolute Gasteiger partial charge is 0.331 e. The van der Waals surface area contributed by atoms with E-state index in [1.54, 1.807) is 6.08 Å². The topological polar surface area (TPSA) is 80.8 Å². The molecular weight excluding hydrogens is 396 g/mol. The Balaban J connectivity index is 1.34. The number of epoxide rings is 2. The lowest BCUT2D eigenvalue weighted by atomic mass is 9.50. The minimum atomic E-state index is -1.40. The van der Waals surface area contributed by atoms with Gasteiger partial charge in [-0.2, -0.15) is 0 Å². The molecule has 3 aliphatic heterocycles. The van der Waals surface area contributed by atoms with Crippen LogP contribution >= 0.6 is 0 Å². The van der Waals surface area contributed by atoms with Gasteiger partial charge >= 0.3 is 5.97 Å². The zero-order valence-corrected chi connectivity index (χ0v) is 18.3. The van der Waals surface area contributed by atoms with Gasteiger partial charge in [-0.3, -0.25) is 0 Å². The number of fused-ring (bicyclic) bond motifs is 3. The van der Waals surface area contributed by atoms with Crippen LogP contribution in [0.3, 0.4) is 0 Å². The summed E-state index contributed by atoms with van der Waals surface area (Å²) in [6, 6.07) is 0. The van der Waals surface area contributed by atoms with Crippen molar-refractivity contribution in [1.82, 2.24) is 0 Å². The van der Waals surface area contributed by atoms with Gasteiger partial charge in [-0.1, -0.05) is 57.2 Å². The number of ether oxygens (including phenoxy) is 4. The first-order valence-electron chi connectivity index (χ1n) is 11.4. The highest BCUT2D eigenvalue weighted by molar-refractivity contribution is 5.82. The fraction of sp³-hybridized carbons (Fsp3) is 0.640. The van der Waals surface area contributed by atoms with Gasteiger partial charge in [-0.15, -0.1) is 0 Å². The molecule has 0 aromatic heterocycles. The highest BCUT2D eigenvalue weighted by Crippen LogP contribution is 2.75. The molecule has 2 aliphatic carbocycles. The van der Waals surface area contributed by atoms with Crippen LogP contribution in [0.5, 0.6) is 0 Å². The molecule has 0 amide bonds. The van der Waals surface area contributed by atoms with Crippen LogP contribution in [-0.4, -0.2) is 53.5 Å². The van der Waals surface area contributed by atoms with E-state index in [1.807, 2.05) is 18.2 Å². The molecule has 5 rings (SSSR count). The molecule has 0 bridgehead atoms. The molecule has 31 heavy (non-hydrogen) atoms. The summed E-state index contributed by atoms with van der Waals surface area (Å²) in [5, 5.41) is 11.3. The zero-order valence-electron chi connectivity index (χ0n) is 18.3. The number of carbonyl (C=O) groups excluding carboxylic acids is 1. The van der Waals surface area contributed by atoms with Crippen LogP contribution in [0.25, 0.3) is 0 Å². The van der Waals surface area contributed by atoms with Crippen molar-refractivity contribution in [2.75, 3.05) is 13.2 Å². The van der Waals surface area contributed by atoms with E-state index in [1.165, 1.54) is 6.08 Å². The number of hydrogen-bond donors (Lipinski definition) is 1. The molecular formula is C25H32O6. The Hall–Kier alpha value is -1.73. The molecule has 6 heteroatoms. The molecule has 0 aromatic rings. The summed E-state index contributed by atoms with van der Waals surface area (Å²) in [5.74, 6) is -2.01. The van der Waals surface area contributed by atoms with Crippen molar-refractivity contribution >= 4 is 5.97 Å². The highest BCUT2D eigenvalue weighted by atomic mass is 16.7. The summed E-state index contributed by atoms with van der Waals surface area (Å²) in [4.78, 5) is 12.6. The predicted molar refractivity (Wildman–Crippen MR) is 114 cm³/mol. The van der Waals surface area contributed by atoms with E-state index >= 15 is 0 Å². The average Bonchev–Trinajstić information content (AvgIpc) is 3.65. The Bertz CT molecular complexity index is 869. The Morgan fingerprint density at radius 3 is 2.81 bits per heavy atom. The van der Waals surface area contributed by atoms with Crippen molar-refractivity contribution < 1.29 is 28.8 Å². The third kappa shape index (κ3) is 2.88. The zero-order chi connectivity index (χ0) is 21.9. The van der Waals surface area contributed by atoms with E-state index in [0.29, 0.717) is 26.1 Å². The Labute approximate surface area is 183 Å². The number of aliphatic hydroxyl groups is 1. The summed E-state index contributed by atoms with van der Waals surface area (Å²) in [6.45, 7) is 9.41. The van der Waals surface area contributed by atoms with Crippen LogP contribution in [0.2, 0.25) is 0 Å². The van der Waals surface area contributed by atoms with Gasteiger partial charge in [-0.25, -0.2) is 4.79 Å². The second kappa shape index (κ2) is 7.14. The molecule has 1 N–H and O–H groups in total. The molecule has 2 spiro atoms. The lowest BCUT2D eigenvalue weighted by Gasteiger charge is -2.53. The molecule has 3 saturated heterocycles. The first-order chi connectivity index (χ1) is 14.8. The summed E-state index contributed by atoms with van der Waals surface area (Å²) in [5.41, 5.74) is -0.557. The van der Waals surface area contributed by atoms with Crippen LogP contribution in [0.4, 0.5) is 0 Å². The largest absolute Gasteiger partial charge is 0.456 e. The highest BCUT2D eigenvalue weighted by Gasteiger charge is 2.89. The maximum Gasteiger partial charge on any atom is 0.331 e. The van der Waals surface area contributed by atoms with E-state index in [0.717, 1.165) is 24.8 Å². The molecule has 168 valence electrons. The van der Waals surface area contributed by atoms with Gasteiger partial charge in [-0.05, 0) is 31.3 Å². The van der Waals surface area contributed by atoms with Gasteiger partial charge in [0.25, 0.3) is 0 Å². The van der Waals surface area contributed by atoms with E-state index in [4.69, 9.17) is 18.9 Å². The third-order valence-corrected chi connectivity index (χ3v) is 8.18. The van der Waals surface area contributed by atoms with Crippen LogP contribution in [-0.2, 0) is 23.7 Å². The van der Waals surface area contributed by atoms with Gasteiger partial charge in [0, 0.05) is 17.4 Å². The Morgan fingerprint density at radius 2 is 2.06 bits per heavy atom. The SMILES string of the molecule is C=C1CO[C@@]2(O)[C@@H]1C[C@@]1(C)[C@@]3(CC[C@H](OC(=O)/C=C/C=C/C=C/CCC)[C@@]14O[C@@H]24)CO3. The summed E-state index contributed by atoms with van der Waals surface area (Å²) in [7, 11) is 0. The fourth-order valence-corrected chi connectivity index (χ4v) is 6.27. The maximum absolute atomic E-state index is 12.6. The van der Waals surface area contributed by atoms with Gasteiger partial charge in [0.15, 0.2) is 0 Å². The lowest BCUT2D eigenvalue weighted by Crippen LogP contribution is -2.67. The molecule has 0 radical (unpaired) electrons. The number of rotatable bonds is 6. The number of allylic oxidation sites excluding steroid dienone is 5. The molecule has 5 fully saturated rings. The average molecular weight is 429 g/mol. The molecule has 3 heterocycles.